The number of aliphatic imine (C=N–C) groups is 1. The summed E-state index contributed by atoms with van der Waals surface area (Å²) in [4.78, 5) is 45.7. The van der Waals surface area contributed by atoms with E-state index >= 15 is 0 Å². The number of amidine groups is 1. The number of fused-ring (bicyclic) bond motifs is 2. The Hall–Kier alpha value is -3.03. The van der Waals surface area contributed by atoms with Crippen molar-refractivity contribution < 1.29 is 19.0 Å². The van der Waals surface area contributed by atoms with Crippen LogP contribution < -0.4 is 4.90 Å². The number of imide groups is 1. The zero-order chi connectivity index (χ0) is 18.0. The van der Waals surface area contributed by atoms with Gasteiger partial charge in [0.1, 0.15) is 5.69 Å². The fourth-order valence-corrected chi connectivity index (χ4v) is 3.38. The Balaban J connectivity index is 1.82. The number of aryl methyl sites for hydroxylation is 2. The number of anilines is 1. The van der Waals surface area contributed by atoms with Gasteiger partial charge >= 0.3 is 17.9 Å². The molecule has 4 rings (SSSR count). The number of hydrogen-bond donors (Lipinski definition) is 0. The van der Waals surface area contributed by atoms with Gasteiger partial charge in [0.05, 0.1) is 0 Å². The van der Waals surface area contributed by atoms with Crippen LogP contribution in [-0.2, 0) is 9.59 Å². The zero-order valence-electron chi connectivity index (χ0n) is 14.5. The molecule has 3 heterocycles. The quantitative estimate of drug-likeness (QED) is 0.691. The largest absolute Gasteiger partial charge is 0.405 e. The van der Waals surface area contributed by atoms with E-state index in [9.17, 15) is 14.4 Å². The molecule has 128 valence electrons. The molecule has 0 spiro atoms. The van der Waals surface area contributed by atoms with Gasteiger partial charge < -0.3 is 0 Å². The van der Waals surface area contributed by atoms with E-state index in [1.807, 2.05) is 32.0 Å². The van der Waals surface area contributed by atoms with E-state index in [4.69, 9.17) is 0 Å². The van der Waals surface area contributed by atoms with E-state index in [2.05, 4.69) is 4.99 Å². The number of urea groups is 1. The second-order valence-electron chi connectivity index (χ2n) is 6.54. The Morgan fingerprint density at radius 2 is 1.80 bits per heavy atom. The maximum atomic E-state index is 12.6. The first-order chi connectivity index (χ1) is 11.8. The molecule has 0 aliphatic carbocycles. The number of guanidine groups is 1. The SMILES string of the molecule is Cc1ccc(N2C(=O)C[N+]3=C2N=C2C3C(=O)N(C)C(=O)N2C)cc1C. The molecule has 1 aromatic rings. The molecular formula is C17H18N5O3+. The molecule has 25 heavy (non-hydrogen) atoms. The van der Waals surface area contributed by atoms with Crippen LogP contribution in [-0.4, -0.2) is 70.7 Å². The number of carbonyl (C=O) groups excluding carboxylic acids is 3. The topological polar surface area (TPSA) is 76.3 Å². The van der Waals surface area contributed by atoms with Gasteiger partial charge in [-0.25, -0.2) is 9.37 Å². The summed E-state index contributed by atoms with van der Waals surface area (Å²) in [5, 5.41) is 0. The Morgan fingerprint density at radius 1 is 1.08 bits per heavy atom. The minimum atomic E-state index is -0.733. The Morgan fingerprint density at radius 3 is 2.48 bits per heavy atom. The molecule has 3 aliphatic rings. The van der Waals surface area contributed by atoms with Crippen molar-refractivity contribution in [2.45, 2.75) is 19.9 Å². The van der Waals surface area contributed by atoms with Gasteiger partial charge in [0.15, 0.2) is 6.54 Å². The van der Waals surface area contributed by atoms with Crippen LogP contribution in [0.2, 0.25) is 0 Å². The number of hydrogen-bond acceptors (Lipinski definition) is 4. The highest BCUT2D eigenvalue weighted by atomic mass is 16.2. The molecule has 4 amide bonds. The summed E-state index contributed by atoms with van der Waals surface area (Å²) in [6, 6.07) is 4.58. The fraction of sp³-hybridized carbons (Fsp3) is 0.353. The number of benzene rings is 1. The maximum absolute atomic E-state index is 12.6. The summed E-state index contributed by atoms with van der Waals surface area (Å²) in [7, 11) is 3.02. The molecule has 0 radical (unpaired) electrons. The van der Waals surface area contributed by atoms with Crippen LogP contribution in [0.25, 0.3) is 0 Å². The lowest BCUT2D eigenvalue weighted by molar-refractivity contribution is -0.519. The Bertz CT molecular complexity index is 917. The normalized spacial score (nSPS) is 22.7. The van der Waals surface area contributed by atoms with Crippen molar-refractivity contribution in [3.8, 4) is 0 Å². The number of likely N-dealkylation sites (N-methyl/N-ethyl adjacent to an activating group) is 2. The van der Waals surface area contributed by atoms with Crippen molar-refractivity contribution in [3.63, 3.8) is 0 Å². The molecule has 8 heteroatoms. The predicted octanol–water partition coefficient (Wildman–Crippen LogP) is 0.323. The lowest BCUT2D eigenvalue weighted by atomic mass is 10.1. The monoisotopic (exact) mass is 340 g/mol. The molecule has 1 unspecified atom stereocenters. The van der Waals surface area contributed by atoms with E-state index in [0.29, 0.717) is 17.5 Å². The lowest BCUT2D eigenvalue weighted by Crippen LogP contribution is -2.61. The van der Waals surface area contributed by atoms with Gasteiger partial charge in [0.25, 0.3) is 5.91 Å². The van der Waals surface area contributed by atoms with Crippen molar-refractivity contribution in [2.75, 3.05) is 25.5 Å². The molecule has 0 aromatic heterocycles. The molecule has 1 aromatic carbocycles. The molecular weight excluding hydrogens is 322 g/mol. The van der Waals surface area contributed by atoms with Crippen LogP contribution in [0.5, 0.6) is 0 Å². The third-order valence-corrected chi connectivity index (χ3v) is 5.01. The van der Waals surface area contributed by atoms with Gasteiger partial charge in [-0.2, -0.15) is 4.90 Å². The van der Waals surface area contributed by atoms with Crippen molar-refractivity contribution in [1.29, 1.82) is 0 Å². The molecule has 1 saturated heterocycles. The van der Waals surface area contributed by atoms with Crippen molar-refractivity contribution in [2.24, 2.45) is 4.99 Å². The van der Waals surface area contributed by atoms with E-state index in [1.54, 1.807) is 11.6 Å². The maximum Gasteiger partial charge on any atom is 0.405 e. The van der Waals surface area contributed by atoms with Gasteiger partial charge in [-0.15, -0.1) is 0 Å². The lowest BCUT2D eigenvalue weighted by Gasteiger charge is -2.31. The summed E-state index contributed by atoms with van der Waals surface area (Å²) in [5.41, 5.74) is 2.91. The van der Waals surface area contributed by atoms with Gasteiger partial charge in [0, 0.05) is 14.1 Å². The second kappa shape index (κ2) is 4.98. The first-order valence-corrected chi connectivity index (χ1v) is 7.99. The van der Waals surface area contributed by atoms with E-state index in [-0.39, 0.29) is 18.4 Å². The average Bonchev–Trinajstić information content (AvgIpc) is 3.08. The van der Waals surface area contributed by atoms with Crippen LogP contribution >= 0.6 is 0 Å². The van der Waals surface area contributed by atoms with Gasteiger partial charge in [0.2, 0.25) is 11.9 Å². The standard InChI is InChI=1S/C17H18N5O3/c1-9-5-6-11(7-10(9)2)22-12(23)8-21-13-14(18-16(21)22)19(3)17(25)20(4)15(13)24/h5-7,13H,8H2,1-4H3/q+1. The van der Waals surface area contributed by atoms with Crippen LogP contribution in [0.4, 0.5) is 10.5 Å². The number of rotatable bonds is 1. The Kier molecular flexibility index (Phi) is 3.09. The average molecular weight is 340 g/mol. The van der Waals surface area contributed by atoms with Crippen molar-refractivity contribution in [1.82, 2.24) is 9.80 Å². The highest BCUT2D eigenvalue weighted by Crippen LogP contribution is 2.28. The summed E-state index contributed by atoms with van der Waals surface area (Å²) >= 11 is 0. The molecule has 0 N–H and O–H groups in total. The molecule has 0 bridgehead atoms. The van der Waals surface area contributed by atoms with Crippen molar-refractivity contribution >= 4 is 35.3 Å². The Labute approximate surface area is 144 Å². The van der Waals surface area contributed by atoms with Gasteiger partial charge in [-0.05, 0) is 37.1 Å². The number of nitrogens with zero attached hydrogens (tertiary/aromatic N) is 5. The summed E-state index contributed by atoms with van der Waals surface area (Å²) in [6.45, 7) is 4.04. The zero-order valence-corrected chi connectivity index (χ0v) is 14.5. The minimum Gasteiger partial charge on any atom is -0.270 e. The highest BCUT2D eigenvalue weighted by Gasteiger charge is 2.57. The first kappa shape index (κ1) is 15.5. The molecule has 8 nitrogen and oxygen atoms in total. The number of amides is 4. The second-order valence-corrected chi connectivity index (χ2v) is 6.54. The van der Waals surface area contributed by atoms with E-state index < -0.39 is 12.1 Å². The minimum absolute atomic E-state index is 0.0571. The highest BCUT2D eigenvalue weighted by molar-refractivity contribution is 6.28. The summed E-state index contributed by atoms with van der Waals surface area (Å²) in [6.07, 6.45) is 0. The first-order valence-electron chi connectivity index (χ1n) is 7.99. The van der Waals surface area contributed by atoms with Crippen molar-refractivity contribution in [3.05, 3.63) is 29.3 Å². The van der Waals surface area contributed by atoms with Crippen LogP contribution in [0.3, 0.4) is 0 Å². The van der Waals surface area contributed by atoms with E-state index in [1.165, 1.54) is 16.8 Å². The third-order valence-electron chi connectivity index (χ3n) is 5.01. The van der Waals surface area contributed by atoms with Crippen LogP contribution in [0, 0.1) is 13.8 Å². The van der Waals surface area contributed by atoms with Gasteiger partial charge in [-0.1, -0.05) is 11.1 Å². The predicted molar refractivity (Wildman–Crippen MR) is 90.7 cm³/mol. The van der Waals surface area contributed by atoms with Gasteiger partial charge in [-0.3, -0.25) is 19.4 Å². The smallest absolute Gasteiger partial charge is 0.270 e. The summed E-state index contributed by atoms with van der Waals surface area (Å²) < 4.78 is 1.66. The van der Waals surface area contributed by atoms with Crippen LogP contribution in [0.15, 0.2) is 23.2 Å². The molecule has 1 fully saturated rings. The molecule has 0 saturated carbocycles. The molecule has 3 aliphatic heterocycles. The molecule has 1 atom stereocenters. The summed E-state index contributed by atoms with van der Waals surface area (Å²) in [5.74, 6) is 0.253. The fourth-order valence-electron chi connectivity index (χ4n) is 3.38. The third kappa shape index (κ3) is 1.97. The van der Waals surface area contributed by atoms with E-state index in [0.717, 1.165) is 16.0 Å². The number of carbonyl (C=O) groups is 3. The van der Waals surface area contributed by atoms with Crippen LogP contribution in [0.1, 0.15) is 11.1 Å².